The summed E-state index contributed by atoms with van der Waals surface area (Å²) in [5, 5.41) is 2.76. The molecule has 2 atom stereocenters. The van der Waals surface area contributed by atoms with Gasteiger partial charge in [0.1, 0.15) is 0 Å². The lowest BCUT2D eigenvalue weighted by Crippen LogP contribution is -2.09. The van der Waals surface area contributed by atoms with Crippen LogP contribution in [0.1, 0.15) is 0 Å². The van der Waals surface area contributed by atoms with E-state index in [4.69, 9.17) is 4.74 Å². The normalized spacial score (nSPS) is 14.8. The second-order valence-corrected chi connectivity index (χ2v) is 5.12. The Balaban J connectivity index is 3.26. The lowest BCUT2D eigenvalue weighted by Gasteiger charge is -2.00. The molecule has 0 aromatic carbocycles. The van der Waals surface area contributed by atoms with Crippen molar-refractivity contribution in [2.75, 3.05) is 24.7 Å². The van der Waals surface area contributed by atoms with Crippen molar-refractivity contribution in [1.82, 2.24) is 0 Å². The van der Waals surface area contributed by atoms with Gasteiger partial charge in [-0.15, -0.1) is 0 Å². The van der Waals surface area contributed by atoms with Crippen LogP contribution in [-0.4, -0.2) is 33.1 Å². The van der Waals surface area contributed by atoms with Crippen LogP contribution in [0.5, 0.6) is 0 Å². The predicted octanol–water partition coefficient (Wildman–Crippen LogP) is 0.787. The lowest BCUT2D eigenvalue weighted by atomic mass is 10.8. The molecule has 76 valence electrons. The Hall–Kier alpha value is -0.260. The van der Waals surface area contributed by atoms with Crippen molar-refractivity contribution in [2.24, 2.45) is 0 Å². The highest BCUT2D eigenvalue weighted by atomic mass is 32.2. The first-order chi connectivity index (χ1) is 6.20. The molecule has 0 aliphatic heterocycles. The molecule has 0 amide bonds. The molecule has 0 aliphatic carbocycles. The summed E-state index contributed by atoms with van der Waals surface area (Å²) in [6, 6.07) is 0. The van der Waals surface area contributed by atoms with Crippen molar-refractivity contribution >= 4 is 21.6 Å². The molecule has 2 unspecified atom stereocenters. The highest BCUT2D eigenvalue weighted by molar-refractivity contribution is 7.88. The smallest absolute Gasteiger partial charge is 0.0585 e. The van der Waals surface area contributed by atoms with Crippen LogP contribution < -0.4 is 0 Å². The molecule has 0 N–H and O–H groups in total. The van der Waals surface area contributed by atoms with Crippen molar-refractivity contribution in [3.63, 3.8) is 0 Å². The van der Waals surface area contributed by atoms with Crippen molar-refractivity contribution in [3.05, 3.63) is 24.0 Å². The molecule has 0 aliphatic rings. The largest absolute Gasteiger partial charge is 0.380 e. The van der Waals surface area contributed by atoms with E-state index in [1.54, 1.807) is 0 Å². The molecular weight excluding hydrogens is 208 g/mol. The summed E-state index contributed by atoms with van der Waals surface area (Å²) < 4.78 is 26.7. The van der Waals surface area contributed by atoms with E-state index in [9.17, 15) is 8.42 Å². The summed E-state index contributed by atoms with van der Waals surface area (Å²) in [4.78, 5) is 0. The SMILES string of the molecule is C=CS(=O)CCOCCS(=O)C=C. The van der Waals surface area contributed by atoms with E-state index in [0.29, 0.717) is 24.7 Å². The number of ether oxygens (including phenoxy) is 1. The zero-order chi connectivity index (χ0) is 10.1. The quantitative estimate of drug-likeness (QED) is 0.570. The lowest BCUT2D eigenvalue weighted by molar-refractivity contribution is 0.166. The minimum atomic E-state index is -1.00. The van der Waals surface area contributed by atoms with E-state index in [1.807, 2.05) is 0 Å². The Kier molecular flexibility index (Phi) is 8.18. The maximum Gasteiger partial charge on any atom is 0.0585 e. The third-order valence-electron chi connectivity index (χ3n) is 1.23. The van der Waals surface area contributed by atoms with Gasteiger partial charge in [-0.3, -0.25) is 8.42 Å². The highest BCUT2D eigenvalue weighted by Gasteiger charge is 1.95. The van der Waals surface area contributed by atoms with Gasteiger partial charge in [0.15, 0.2) is 0 Å². The standard InChI is InChI=1S/C8H14O3S2/c1-3-12(9)7-5-11-6-8-13(10)4-2/h3-4H,1-2,5-8H2. The van der Waals surface area contributed by atoms with E-state index in [2.05, 4.69) is 13.2 Å². The molecule has 0 spiro atoms. The van der Waals surface area contributed by atoms with Gasteiger partial charge in [0, 0.05) is 21.6 Å². The van der Waals surface area contributed by atoms with E-state index in [1.165, 1.54) is 10.8 Å². The van der Waals surface area contributed by atoms with E-state index in [0.717, 1.165) is 0 Å². The summed E-state index contributed by atoms with van der Waals surface area (Å²) in [6.45, 7) is 7.59. The van der Waals surface area contributed by atoms with Gasteiger partial charge in [0.25, 0.3) is 0 Å². The van der Waals surface area contributed by atoms with Gasteiger partial charge < -0.3 is 4.74 Å². The fourth-order valence-electron chi connectivity index (χ4n) is 0.551. The van der Waals surface area contributed by atoms with Crippen molar-refractivity contribution < 1.29 is 13.2 Å². The zero-order valence-corrected chi connectivity index (χ0v) is 9.07. The fraction of sp³-hybridized carbons (Fsp3) is 0.500. The maximum atomic E-state index is 10.8. The molecule has 0 aromatic heterocycles. The molecule has 0 radical (unpaired) electrons. The van der Waals surface area contributed by atoms with Gasteiger partial charge in [0.2, 0.25) is 0 Å². The molecule has 5 heteroatoms. The molecule has 3 nitrogen and oxygen atoms in total. The van der Waals surface area contributed by atoms with E-state index < -0.39 is 21.6 Å². The van der Waals surface area contributed by atoms with Gasteiger partial charge >= 0.3 is 0 Å². The number of hydrogen-bond acceptors (Lipinski definition) is 3. The molecule has 13 heavy (non-hydrogen) atoms. The van der Waals surface area contributed by atoms with E-state index in [-0.39, 0.29) is 0 Å². The van der Waals surface area contributed by atoms with Crippen molar-refractivity contribution in [3.8, 4) is 0 Å². The van der Waals surface area contributed by atoms with Crippen LogP contribution in [0.25, 0.3) is 0 Å². The molecule has 0 saturated heterocycles. The monoisotopic (exact) mass is 222 g/mol. The minimum Gasteiger partial charge on any atom is -0.380 e. The number of rotatable bonds is 8. The van der Waals surface area contributed by atoms with Gasteiger partial charge in [-0.1, -0.05) is 13.2 Å². The second-order valence-electron chi connectivity index (χ2n) is 2.12. The Morgan fingerprint density at radius 3 is 1.69 bits per heavy atom. The van der Waals surface area contributed by atoms with E-state index >= 15 is 0 Å². The maximum absolute atomic E-state index is 10.8. The first-order valence-corrected chi connectivity index (χ1v) is 6.54. The molecule has 0 rings (SSSR count). The highest BCUT2D eigenvalue weighted by Crippen LogP contribution is 1.87. The first-order valence-electron chi connectivity index (χ1n) is 3.78. The van der Waals surface area contributed by atoms with Gasteiger partial charge in [0.05, 0.1) is 24.7 Å². The Labute approximate surface area is 83.8 Å². The number of hydrogen-bond donors (Lipinski definition) is 0. The van der Waals surface area contributed by atoms with Crippen LogP contribution in [0.4, 0.5) is 0 Å². The Morgan fingerprint density at radius 2 is 1.38 bits per heavy atom. The van der Waals surface area contributed by atoms with Crippen LogP contribution in [0, 0.1) is 0 Å². The van der Waals surface area contributed by atoms with Crippen LogP contribution in [0.2, 0.25) is 0 Å². The zero-order valence-electron chi connectivity index (χ0n) is 7.44. The van der Waals surface area contributed by atoms with Crippen LogP contribution in [-0.2, 0) is 26.3 Å². The molecule has 0 saturated carbocycles. The third-order valence-corrected chi connectivity index (χ3v) is 3.11. The minimum absolute atomic E-state index is 0.410. The van der Waals surface area contributed by atoms with Crippen molar-refractivity contribution in [2.45, 2.75) is 0 Å². The van der Waals surface area contributed by atoms with Crippen LogP contribution in [0.3, 0.4) is 0 Å². The first kappa shape index (κ1) is 12.7. The van der Waals surface area contributed by atoms with Crippen molar-refractivity contribution in [1.29, 1.82) is 0 Å². The fourth-order valence-corrected chi connectivity index (χ4v) is 1.45. The van der Waals surface area contributed by atoms with Crippen LogP contribution >= 0.6 is 0 Å². The summed E-state index contributed by atoms with van der Waals surface area (Å²) >= 11 is 0. The summed E-state index contributed by atoms with van der Waals surface area (Å²) in [5.41, 5.74) is 0. The molecule has 0 bridgehead atoms. The van der Waals surface area contributed by atoms with Gasteiger partial charge in [-0.2, -0.15) is 0 Å². The molecule has 0 fully saturated rings. The summed E-state index contributed by atoms with van der Waals surface area (Å²) in [6.07, 6.45) is 0. The Bertz CT molecular complexity index is 191. The summed E-state index contributed by atoms with van der Waals surface area (Å²) in [5.74, 6) is 0.897. The molecular formula is C8H14O3S2. The van der Waals surface area contributed by atoms with Crippen LogP contribution in [0.15, 0.2) is 24.0 Å². The summed E-state index contributed by atoms with van der Waals surface area (Å²) in [7, 11) is -2.00. The Morgan fingerprint density at radius 1 is 1.00 bits per heavy atom. The second kappa shape index (κ2) is 8.34. The average molecular weight is 222 g/mol. The third kappa shape index (κ3) is 8.08. The van der Waals surface area contributed by atoms with Gasteiger partial charge in [-0.25, -0.2) is 0 Å². The molecule has 0 heterocycles. The molecule has 0 aromatic rings. The average Bonchev–Trinajstić information content (AvgIpc) is 2.16. The topological polar surface area (TPSA) is 43.4 Å². The predicted molar refractivity (Wildman–Crippen MR) is 57.2 cm³/mol. The van der Waals surface area contributed by atoms with Gasteiger partial charge in [-0.05, 0) is 10.8 Å².